The van der Waals surface area contributed by atoms with E-state index in [0.29, 0.717) is 11.2 Å². The van der Waals surface area contributed by atoms with Crippen LogP contribution in [0.1, 0.15) is 11.3 Å². The molecule has 1 fully saturated rings. The summed E-state index contributed by atoms with van der Waals surface area (Å²) < 4.78 is 5.31. The average molecular weight is 213 g/mol. The molecule has 1 aromatic rings. The molecule has 0 bridgehead atoms. The third-order valence-electron chi connectivity index (χ3n) is 2.51. The Kier molecular flexibility index (Phi) is 3.00. The topological polar surface area (TPSA) is 51.4 Å². The summed E-state index contributed by atoms with van der Waals surface area (Å²) in [5.74, 6) is 0. The Hall–Kier alpha value is -0.650. The highest BCUT2D eigenvalue weighted by atomic mass is 32.1. The van der Waals surface area contributed by atoms with Gasteiger partial charge in [-0.25, -0.2) is 4.98 Å². The van der Waals surface area contributed by atoms with Gasteiger partial charge in [0.25, 0.3) is 0 Å². The van der Waals surface area contributed by atoms with Crippen LogP contribution < -0.4 is 5.73 Å². The number of aromatic nitrogens is 1. The first-order valence-electron chi connectivity index (χ1n) is 4.73. The van der Waals surface area contributed by atoms with Crippen molar-refractivity contribution in [2.45, 2.75) is 19.1 Å². The van der Waals surface area contributed by atoms with E-state index in [9.17, 15) is 0 Å². The number of nitrogens with two attached hydrogens (primary N) is 1. The fourth-order valence-electron chi connectivity index (χ4n) is 1.75. The van der Waals surface area contributed by atoms with E-state index < -0.39 is 0 Å². The molecule has 1 aliphatic rings. The van der Waals surface area contributed by atoms with Gasteiger partial charge in [0.2, 0.25) is 0 Å². The minimum absolute atomic E-state index is 0.403. The third-order valence-corrected chi connectivity index (χ3v) is 3.32. The average Bonchev–Trinajstić information content (AvgIpc) is 2.76. The summed E-state index contributed by atoms with van der Waals surface area (Å²) in [4.78, 5) is 7.65. The first-order valence-corrected chi connectivity index (χ1v) is 5.55. The van der Waals surface area contributed by atoms with Gasteiger partial charge in [0.15, 0.2) is 5.13 Å². The summed E-state index contributed by atoms with van der Waals surface area (Å²) in [6.07, 6.45) is 3.39. The van der Waals surface area contributed by atoms with Crippen LogP contribution in [0.2, 0.25) is 0 Å². The van der Waals surface area contributed by atoms with E-state index >= 15 is 0 Å². The third kappa shape index (κ3) is 2.23. The fraction of sp³-hybridized carbons (Fsp3) is 0.667. The number of methoxy groups -OCH3 is 1. The summed E-state index contributed by atoms with van der Waals surface area (Å²) in [5.41, 5.74) is 5.57. The van der Waals surface area contributed by atoms with E-state index in [-0.39, 0.29) is 0 Å². The first-order chi connectivity index (χ1) is 6.78. The lowest BCUT2D eigenvalue weighted by molar-refractivity contribution is 0.107. The highest BCUT2D eigenvalue weighted by Gasteiger charge is 2.22. The number of anilines is 1. The zero-order valence-corrected chi connectivity index (χ0v) is 9.09. The minimum Gasteiger partial charge on any atom is -0.380 e. The van der Waals surface area contributed by atoms with Gasteiger partial charge in [-0.05, 0) is 6.42 Å². The van der Waals surface area contributed by atoms with Crippen molar-refractivity contribution in [3.8, 4) is 0 Å². The van der Waals surface area contributed by atoms with Crippen LogP contribution in [-0.4, -0.2) is 36.2 Å². The van der Waals surface area contributed by atoms with Gasteiger partial charge >= 0.3 is 0 Å². The van der Waals surface area contributed by atoms with Gasteiger partial charge in [-0.2, -0.15) is 0 Å². The molecule has 2 heterocycles. The van der Waals surface area contributed by atoms with E-state index in [2.05, 4.69) is 9.88 Å². The fourth-order valence-corrected chi connectivity index (χ4v) is 2.48. The van der Waals surface area contributed by atoms with Gasteiger partial charge < -0.3 is 10.5 Å². The molecule has 1 aromatic heterocycles. The molecule has 1 atom stereocenters. The Bertz CT molecular complexity index is 302. The Balaban J connectivity index is 1.87. The smallest absolute Gasteiger partial charge is 0.180 e. The molecular formula is C9H15N3OS. The van der Waals surface area contributed by atoms with E-state index in [4.69, 9.17) is 10.5 Å². The number of thiazole rings is 1. The lowest BCUT2D eigenvalue weighted by Gasteiger charge is -2.13. The lowest BCUT2D eigenvalue weighted by atomic mass is 10.3. The monoisotopic (exact) mass is 213 g/mol. The molecule has 0 radical (unpaired) electrons. The van der Waals surface area contributed by atoms with E-state index in [1.807, 2.05) is 6.20 Å². The Morgan fingerprint density at radius 3 is 3.21 bits per heavy atom. The molecule has 0 unspecified atom stereocenters. The molecule has 0 amide bonds. The quantitative estimate of drug-likeness (QED) is 0.812. The van der Waals surface area contributed by atoms with Crippen LogP contribution in [0, 0.1) is 0 Å². The van der Waals surface area contributed by atoms with Gasteiger partial charge in [0, 0.05) is 37.8 Å². The molecule has 5 heteroatoms. The predicted molar refractivity (Wildman–Crippen MR) is 57.2 cm³/mol. The second-order valence-electron chi connectivity index (χ2n) is 3.55. The van der Waals surface area contributed by atoms with Gasteiger partial charge in [0.05, 0.1) is 6.10 Å². The molecular weight excluding hydrogens is 198 g/mol. The van der Waals surface area contributed by atoms with Gasteiger partial charge in [-0.1, -0.05) is 0 Å². The number of hydrogen-bond acceptors (Lipinski definition) is 5. The highest BCUT2D eigenvalue weighted by Crippen LogP contribution is 2.20. The number of ether oxygens (including phenoxy) is 1. The number of nitrogen functional groups attached to an aromatic ring is 1. The number of rotatable bonds is 3. The van der Waals surface area contributed by atoms with Crippen LogP contribution in [0.15, 0.2) is 6.20 Å². The molecule has 14 heavy (non-hydrogen) atoms. The standard InChI is InChI=1S/C9H15N3OS/c1-13-7-2-3-12(5-7)6-8-4-11-9(10)14-8/h4,7H,2-3,5-6H2,1H3,(H2,10,11)/t7-/m0/s1. The summed E-state index contributed by atoms with van der Waals surface area (Å²) >= 11 is 1.57. The summed E-state index contributed by atoms with van der Waals surface area (Å²) in [7, 11) is 1.78. The van der Waals surface area contributed by atoms with Crippen molar-refractivity contribution in [3.05, 3.63) is 11.1 Å². The molecule has 2 N–H and O–H groups in total. The Labute approximate surface area is 87.7 Å². The van der Waals surface area contributed by atoms with Crippen molar-refractivity contribution in [1.82, 2.24) is 9.88 Å². The first kappa shape index (κ1) is 9.89. The van der Waals surface area contributed by atoms with Crippen LogP contribution in [0.4, 0.5) is 5.13 Å². The van der Waals surface area contributed by atoms with Crippen molar-refractivity contribution in [2.75, 3.05) is 25.9 Å². The van der Waals surface area contributed by atoms with Crippen molar-refractivity contribution in [3.63, 3.8) is 0 Å². The number of nitrogens with zero attached hydrogens (tertiary/aromatic N) is 2. The molecule has 0 spiro atoms. The van der Waals surface area contributed by atoms with Gasteiger partial charge in [-0.3, -0.25) is 4.90 Å². The minimum atomic E-state index is 0.403. The normalized spacial score (nSPS) is 23.1. The Morgan fingerprint density at radius 1 is 1.79 bits per heavy atom. The zero-order valence-electron chi connectivity index (χ0n) is 8.27. The SMILES string of the molecule is CO[C@H]1CCN(Cc2cnc(N)s2)C1. The van der Waals surface area contributed by atoms with E-state index in [1.54, 1.807) is 18.4 Å². The molecule has 0 aliphatic carbocycles. The number of hydrogen-bond donors (Lipinski definition) is 1. The highest BCUT2D eigenvalue weighted by molar-refractivity contribution is 7.15. The maximum Gasteiger partial charge on any atom is 0.180 e. The summed E-state index contributed by atoms with van der Waals surface area (Å²) in [6, 6.07) is 0. The maximum atomic E-state index is 5.57. The molecule has 0 saturated carbocycles. The molecule has 0 aromatic carbocycles. The van der Waals surface area contributed by atoms with Crippen molar-refractivity contribution in [1.29, 1.82) is 0 Å². The lowest BCUT2D eigenvalue weighted by Crippen LogP contribution is -2.21. The van der Waals surface area contributed by atoms with Gasteiger partial charge in [0.1, 0.15) is 0 Å². The largest absolute Gasteiger partial charge is 0.380 e. The van der Waals surface area contributed by atoms with Crippen LogP contribution in [0.5, 0.6) is 0 Å². The van der Waals surface area contributed by atoms with Crippen LogP contribution in [0.25, 0.3) is 0 Å². The molecule has 1 aliphatic heterocycles. The summed E-state index contributed by atoms with van der Waals surface area (Å²) in [5, 5.41) is 0.655. The molecule has 4 nitrogen and oxygen atoms in total. The second kappa shape index (κ2) is 4.25. The van der Waals surface area contributed by atoms with Crippen LogP contribution in [-0.2, 0) is 11.3 Å². The maximum absolute atomic E-state index is 5.57. The van der Waals surface area contributed by atoms with Crippen molar-refractivity contribution < 1.29 is 4.74 Å². The molecule has 1 saturated heterocycles. The Morgan fingerprint density at radius 2 is 2.64 bits per heavy atom. The number of likely N-dealkylation sites (tertiary alicyclic amines) is 1. The summed E-state index contributed by atoms with van der Waals surface area (Å²) in [6.45, 7) is 3.08. The molecule has 2 rings (SSSR count). The molecule has 78 valence electrons. The van der Waals surface area contributed by atoms with Crippen molar-refractivity contribution in [2.24, 2.45) is 0 Å². The van der Waals surface area contributed by atoms with Gasteiger partial charge in [-0.15, -0.1) is 11.3 Å². The zero-order chi connectivity index (χ0) is 9.97. The van der Waals surface area contributed by atoms with E-state index in [1.165, 1.54) is 4.88 Å². The van der Waals surface area contributed by atoms with Crippen LogP contribution in [0.3, 0.4) is 0 Å². The predicted octanol–water partition coefficient (Wildman–Crippen LogP) is 0.946. The second-order valence-corrected chi connectivity index (χ2v) is 4.69. The van der Waals surface area contributed by atoms with Crippen molar-refractivity contribution >= 4 is 16.5 Å². The van der Waals surface area contributed by atoms with E-state index in [0.717, 1.165) is 26.1 Å². The van der Waals surface area contributed by atoms with Crippen LogP contribution >= 0.6 is 11.3 Å².